The van der Waals surface area contributed by atoms with Gasteiger partial charge in [-0.1, -0.05) is 0 Å². The molecule has 0 aliphatic rings. The fourth-order valence-electron chi connectivity index (χ4n) is 2.45. The lowest BCUT2D eigenvalue weighted by Gasteiger charge is -2.31. The molecule has 0 saturated carbocycles. The van der Waals surface area contributed by atoms with E-state index in [4.69, 9.17) is 0 Å². The third-order valence-electron chi connectivity index (χ3n) is 3.29. The lowest BCUT2D eigenvalue weighted by Crippen LogP contribution is -2.40. The third kappa shape index (κ3) is 2.82. The van der Waals surface area contributed by atoms with Crippen LogP contribution in [-0.2, 0) is 0 Å². The SMILES string of the molecule is CCN(c1nc(NC)nc2[nH]ncc12)C(C)CN(C)C. The highest BCUT2D eigenvalue weighted by Crippen LogP contribution is 2.25. The molecule has 2 rings (SSSR count). The van der Waals surface area contributed by atoms with Crippen LogP contribution in [0.5, 0.6) is 0 Å². The van der Waals surface area contributed by atoms with Gasteiger partial charge in [0.05, 0.1) is 11.6 Å². The zero-order chi connectivity index (χ0) is 14.7. The van der Waals surface area contributed by atoms with Crippen LogP contribution in [0.1, 0.15) is 13.8 Å². The molecule has 2 N–H and O–H groups in total. The molecule has 0 aliphatic heterocycles. The van der Waals surface area contributed by atoms with Gasteiger partial charge in [-0.15, -0.1) is 0 Å². The van der Waals surface area contributed by atoms with Crippen molar-refractivity contribution in [3.8, 4) is 0 Å². The zero-order valence-corrected chi connectivity index (χ0v) is 12.8. The van der Waals surface area contributed by atoms with Gasteiger partial charge in [-0.05, 0) is 27.9 Å². The minimum atomic E-state index is 0.354. The predicted octanol–water partition coefficient (Wildman–Crippen LogP) is 1.17. The Morgan fingerprint density at radius 2 is 2.10 bits per heavy atom. The van der Waals surface area contributed by atoms with E-state index in [9.17, 15) is 0 Å². The number of aromatic amines is 1. The molecule has 2 aromatic rings. The molecular formula is C13H23N7. The van der Waals surface area contributed by atoms with E-state index < -0.39 is 0 Å². The minimum Gasteiger partial charge on any atom is -0.357 e. The molecule has 1 unspecified atom stereocenters. The first-order chi connectivity index (χ1) is 9.56. The molecule has 7 nitrogen and oxygen atoms in total. The molecule has 0 fully saturated rings. The average Bonchev–Trinajstić information content (AvgIpc) is 2.86. The monoisotopic (exact) mass is 277 g/mol. The summed E-state index contributed by atoms with van der Waals surface area (Å²) in [6.07, 6.45) is 1.79. The standard InChI is InChI=1S/C13H23N7/c1-6-20(9(2)8-19(4)5)12-10-7-15-18-11(10)16-13(14-3)17-12/h7,9H,6,8H2,1-5H3,(H2,14,15,16,17,18). The number of H-pyrrole nitrogens is 1. The van der Waals surface area contributed by atoms with Gasteiger partial charge in [0.25, 0.3) is 0 Å². The van der Waals surface area contributed by atoms with E-state index in [1.165, 1.54) is 0 Å². The molecule has 0 radical (unpaired) electrons. The Balaban J connectivity index is 2.44. The minimum absolute atomic E-state index is 0.354. The molecule has 0 aliphatic carbocycles. The van der Waals surface area contributed by atoms with E-state index in [1.807, 2.05) is 7.05 Å². The van der Waals surface area contributed by atoms with Gasteiger partial charge in [-0.2, -0.15) is 15.1 Å². The second-order valence-electron chi connectivity index (χ2n) is 5.15. The lowest BCUT2D eigenvalue weighted by atomic mass is 10.2. The molecule has 20 heavy (non-hydrogen) atoms. The Bertz CT molecular complexity index is 563. The molecule has 110 valence electrons. The van der Waals surface area contributed by atoms with Gasteiger partial charge in [-0.25, -0.2) is 0 Å². The summed E-state index contributed by atoms with van der Waals surface area (Å²) in [7, 11) is 5.98. The number of hydrogen-bond donors (Lipinski definition) is 2. The summed E-state index contributed by atoms with van der Waals surface area (Å²) in [6.45, 7) is 6.19. The number of nitrogens with zero attached hydrogens (tertiary/aromatic N) is 5. The van der Waals surface area contributed by atoms with Gasteiger partial charge >= 0.3 is 0 Å². The molecule has 0 amide bonds. The van der Waals surface area contributed by atoms with Crippen LogP contribution >= 0.6 is 0 Å². The molecule has 1 atom stereocenters. The maximum Gasteiger partial charge on any atom is 0.226 e. The number of fused-ring (bicyclic) bond motifs is 1. The summed E-state index contributed by atoms with van der Waals surface area (Å²) in [6, 6.07) is 0.354. The lowest BCUT2D eigenvalue weighted by molar-refractivity contribution is 0.372. The molecule has 2 aromatic heterocycles. The average molecular weight is 277 g/mol. The first-order valence-corrected chi connectivity index (χ1v) is 6.87. The first kappa shape index (κ1) is 14.5. The Labute approximate surface area is 119 Å². The van der Waals surface area contributed by atoms with Crippen molar-refractivity contribution in [2.45, 2.75) is 19.9 Å². The van der Waals surface area contributed by atoms with Crippen LogP contribution in [-0.4, -0.2) is 65.3 Å². The van der Waals surface area contributed by atoms with E-state index in [1.54, 1.807) is 6.20 Å². The van der Waals surface area contributed by atoms with Crippen molar-refractivity contribution in [1.82, 2.24) is 25.1 Å². The van der Waals surface area contributed by atoms with Crippen molar-refractivity contribution in [2.75, 3.05) is 44.4 Å². The molecular weight excluding hydrogens is 254 g/mol. The smallest absolute Gasteiger partial charge is 0.226 e. The highest BCUT2D eigenvalue weighted by Gasteiger charge is 2.19. The maximum atomic E-state index is 4.62. The van der Waals surface area contributed by atoms with E-state index in [2.05, 4.69) is 63.2 Å². The van der Waals surface area contributed by atoms with Crippen LogP contribution in [0.4, 0.5) is 11.8 Å². The number of hydrogen-bond acceptors (Lipinski definition) is 6. The second-order valence-corrected chi connectivity index (χ2v) is 5.15. The number of likely N-dealkylation sites (N-methyl/N-ethyl adjacent to an activating group) is 2. The van der Waals surface area contributed by atoms with E-state index in [0.29, 0.717) is 12.0 Å². The number of aromatic nitrogens is 4. The van der Waals surface area contributed by atoms with Crippen molar-refractivity contribution in [3.05, 3.63) is 6.20 Å². The van der Waals surface area contributed by atoms with Crippen LogP contribution in [0, 0.1) is 0 Å². The molecule has 0 aromatic carbocycles. The number of rotatable bonds is 6. The topological polar surface area (TPSA) is 73.0 Å². The summed E-state index contributed by atoms with van der Waals surface area (Å²) < 4.78 is 0. The molecule has 7 heteroatoms. The molecule has 0 spiro atoms. The first-order valence-electron chi connectivity index (χ1n) is 6.87. The highest BCUT2D eigenvalue weighted by atomic mass is 15.3. The van der Waals surface area contributed by atoms with Crippen LogP contribution in [0.3, 0.4) is 0 Å². The largest absolute Gasteiger partial charge is 0.357 e. The summed E-state index contributed by atoms with van der Waals surface area (Å²) in [5.74, 6) is 1.53. The molecule has 0 saturated heterocycles. The van der Waals surface area contributed by atoms with Gasteiger partial charge in [0, 0.05) is 26.2 Å². The van der Waals surface area contributed by atoms with E-state index in [-0.39, 0.29) is 0 Å². The van der Waals surface area contributed by atoms with Crippen molar-refractivity contribution >= 4 is 22.8 Å². The Morgan fingerprint density at radius 1 is 1.35 bits per heavy atom. The summed E-state index contributed by atoms with van der Waals surface area (Å²) in [4.78, 5) is 13.4. The van der Waals surface area contributed by atoms with E-state index in [0.717, 1.165) is 29.9 Å². The van der Waals surface area contributed by atoms with Crippen molar-refractivity contribution in [2.24, 2.45) is 0 Å². The zero-order valence-electron chi connectivity index (χ0n) is 12.8. The van der Waals surface area contributed by atoms with Crippen molar-refractivity contribution in [1.29, 1.82) is 0 Å². The van der Waals surface area contributed by atoms with Gasteiger partial charge in [0.15, 0.2) is 5.65 Å². The fourth-order valence-corrected chi connectivity index (χ4v) is 2.45. The van der Waals surface area contributed by atoms with Crippen LogP contribution in [0.2, 0.25) is 0 Å². The second kappa shape index (κ2) is 6.04. The molecule has 2 heterocycles. The third-order valence-corrected chi connectivity index (χ3v) is 3.29. The van der Waals surface area contributed by atoms with Gasteiger partial charge in [-0.3, -0.25) is 5.10 Å². The summed E-state index contributed by atoms with van der Waals surface area (Å²) in [5.41, 5.74) is 0.759. The number of nitrogens with one attached hydrogen (secondary N) is 2. The van der Waals surface area contributed by atoms with Crippen LogP contribution < -0.4 is 10.2 Å². The fraction of sp³-hybridized carbons (Fsp3) is 0.615. The van der Waals surface area contributed by atoms with Crippen LogP contribution in [0.15, 0.2) is 6.20 Å². The normalized spacial score (nSPS) is 12.9. The maximum absolute atomic E-state index is 4.62. The summed E-state index contributed by atoms with van der Waals surface area (Å²) >= 11 is 0. The van der Waals surface area contributed by atoms with Crippen LogP contribution in [0.25, 0.3) is 11.0 Å². The summed E-state index contributed by atoms with van der Waals surface area (Å²) in [5, 5.41) is 11.0. The number of anilines is 2. The van der Waals surface area contributed by atoms with Gasteiger partial charge in [0.1, 0.15) is 5.82 Å². The Hall–Kier alpha value is -1.89. The molecule has 0 bridgehead atoms. The van der Waals surface area contributed by atoms with E-state index >= 15 is 0 Å². The quantitative estimate of drug-likeness (QED) is 0.826. The van der Waals surface area contributed by atoms with Crippen molar-refractivity contribution < 1.29 is 0 Å². The predicted molar refractivity (Wildman–Crippen MR) is 82.3 cm³/mol. The van der Waals surface area contributed by atoms with Gasteiger partial charge < -0.3 is 15.1 Å². The Morgan fingerprint density at radius 3 is 2.70 bits per heavy atom. The Kier molecular flexibility index (Phi) is 4.39. The van der Waals surface area contributed by atoms with Crippen molar-refractivity contribution in [3.63, 3.8) is 0 Å². The van der Waals surface area contributed by atoms with Gasteiger partial charge in [0.2, 0.25) is 5.95 Å². The highest BCUT2D eigenvalue weighted by molar-refractivity contribution is 5.87.